The number of rotatable bonds is 5. The minimum atomic E-state index is -1.33. The lowest BCUT2D eigenvalue weighted by Crippen LogP contribution is -2.77. The van der Waals surface area contributed by atoms with Crippen LogP contribution in [0, 0.1) is 5.41 Å². The lowest BCUT2D eigenvalue weighted by Gasteiger charge is -2.58. The van der Waals surface area contributed by atoms with E-state index in [1.807, 2.05) is 6.92 Å². The second kappa shape index (κ2) is 5.90. The molecule has 2 rings (SSSR count). The van der Waals surface area contributed by atoms with Crippen molar-refractivity contribution in [3.63, 3.8) is 0 Å². The molecule has 120 valence electrons. The molecule has 21 heavy (non-hydrogen) atoms. The van der Waals surface area contributed by atoms with Gasteiger partial charge >= 0.3 is 5.97 Å². The number of carbonyl (C=O) groups is 2. The SMILES string of the molecule is CCO[C@@H]1C[C@](NC(=O)[C@H]2COCCO2)(C(=O)O)C1(C)C. The molecule has 2 N–H and O–H groups in total. The smallest absolute Gasteiger partial charge is 0.330 e. The Kier molecular flexibility index (Phi) is 4.55. The fourth-order valence-corrected chi connectivity index (χ4v) is 2.97. The normalized spacial score (nSPS) is 34.8. The predicted octanol–water partition coefficient (Wildman–Crippen LogP) is 0.176. The van der Waals surface area contributed by atoms with Gasteiger partial charge < -0.3 is 24.6 Å². The first-order chi connectivity index (χ1) is 9.85. The van der Waals surface area contributed by atoms with Crippen LogP contribution in [-0.4, -0.2) is 61.2 Å². The summed E-state index contributed by atoms with van der Waals surface area (Å²) in [7, 11) is 0. The summed E-state index contributed by atoms with van der Waals surface area (Å²) in [5, 5.41) is 12.3. The van der Waals surface area contributed by atoms with Crippen molar-refractivity contribution >= 4 is 11.9 Å². The van der Waals surface area contributed by atoms with Gasteiger partial charge in [-0.2, -0.15) is 0 Å². The molecule has 0 bridgehead atoms. The molecule has 1 aliphatic carbocycles. The number of aliphatic carboxylic acids is 1. The summed E-state index contributed by atoms with van der Waals surface area (Å²) in [5.41, 5.74) is -2.02. The Morgan fingerprint density at radius 1 is 1.38 bits per heavy atom. The number of hydrogen-bond donors (Lipinski definition) is 2. The van der Waals surface area contributed by atoms with Crippen LogP contribution in [-0.2, 0) is 23.8 Å². The Bertz CT molecular complexity index is 418. The highest BCUT2D eigenvalue weighted by atomic mass is 16.6. The number of carboxylic acid groups (broad SMARTS) is 1. The molecular formula is C14H23NO6. The summed E-state index contributed by atoms with van der Waals surface area (Å²) in [4.78, 5) is 24.0. The molecule has 0 aromatic heterocycles. The summed E-state index contributed by atoms with van der Waals surface area (Å²) < 4.78 is 16.1. The Morgan fingerprint density at radius 2 is 2.10 bits per heavy atom. The van der Waals surface area contributed by atoms with Gasteiger partial charge in [0.2, 0.25) is 0 Å². The maximum atomic E-state index is 12.2. The molecule has 0 radical (unpaired) electrons. The van der Waals surface area contributed by atoms with Crippen molar-refractivity contribution in [2.45, 2.75) is 44.9 Å². The van der Waals surface area contributed by atoms with Crippen molar-refractivity contribution in [1.82, 2.24) is 5.32 Å². The van der Waals surface area contributed by atoms with Crippen LogP contribution in [0.1, 0.15) is 27.2 Å². The zero-order valence-electron chi connectivity index (χ0n) is 12.7. The highest BCUT2D eigenvalue weighted by Crippen LogP contribution is 2.51. The predicted molar refractivity (Wildman–Crippen MR) is 72.9 cm³/mol. The lowest BCUT2D eigenvalue weighted by molar-refractivity contribution is -0.198. The molecule has 0 aromatic carbocycles. The summed E-state index contributed by atoms with van der Waals surface area (Å²) in [6.07, 6.45) is -0.693. The van der Waals surface area contributed by atoms with Gasteiger partial charge in [-0.25, -0.2) is 4.79 Å². The van der Waals surface area contributed by atoms with E-state index < -0.39 is 28.9 Å². The molecule has 0 unspecified atom stereocenters. The molecule has 1 saturated carbocycles. The van der Waals surface area contributed by atoms with E-state index in [-0.39, 0.29) is 19.1 Å². The second-order valence-corrected chi connectivity index (χ2v) is 6.00. The van der Waals surface area contributed by atoms with E-state index in [9.17, 15) is 14.7 Å². The van der Waals surface area contributed by atoms with E-state index in [0.717, 1.165) is 0 Å². The van der Waals surface area contributed by atoms with Gasteiger partial charge in [-0.3, -0.25) is 4.79 Å². The number of nitrogens with one attached hydrogen (secondary N) is 1. The van der Waals surface area contributed by atoms with Gasteiger partial charge in [0.25, 0.3) is 5.91 Å². The summed E-state index contributed by atoms with van der Waals surface area (Å²) in [6, 6.07) is 0. The second-order valence-electron chi connectivity index (χ2n) is 6.00. The molecule has 3 atom stereocenters. The molecule has 1 heterocycles. The number of amides is 1. The number of carbonyl (C=O) groups excluding carboxylic acids is 1. The van der Waals surface area contributed by atoms with Crippen molar-refractivity contribution in [1.29, 1.82) is 0 Å². The highest BCUT2D eigenvalue weighted by molar-refractivity contribution is 5.91. The first-order valence-electron chi connectivity index (χ1n) is 7.21. The third kappa shape index (κ3) is 2.65. The van der Waals surface area contributed by atoms with Crippen LogP contribution >= 0.6 is 0 Å². The van der Waals surface area contributed by atoms with Crippen LogP contribution in [0.3, 0.4) is 0 Å². The maximum absolute atomic E-state index is 12.2. The highest BCUT2D eigenvalue weighted by Gasteiger charge is 2.66. The monoisotopic (exact) mass is 301 g/mol. The third-order valence-electron chi connectivity index (χ3n) is 4.57. The van der Waals surface area contributed by atoms with Gasteiger partial charge in [-0.15, -0.1) is 0 Å². The van der Waals surface area contributed by atoms with Gasteiger partial charge in [0.1, 0.15) is 5.54 Å². The van der Waals surface area contributed by atoms with Crippen LogP contribution in [0.15, 0.2) is 0 Å². The minimum absolute atomic E-state index is 0.150. The zero-order valence-corrected chi connectivity index (χ0v) is 12.7. The van der Waals surface area contributed by atoms with E-state index in [1.54, 1.807) is 13.8 Å². The number of carboxylic acids is 1. The topological polar surface area (TPSA) is 94.1 Å². The molecule has 1 aliphatic heterocycles. The number of ether oxygens (including phenoxy) is 3. The quantitative estimate of drug-likeness (QED) is 0.752. The van der Waals surface area contributed by atoms with Crippen LogP contribution in [0.2, 0.25) is 0 Å². The van der Waals surface area contributed by atoms with Crippen LogP contribution in [0.25, 0.3) is 0 Å². The van der Waals surface area contributed by atoms with Crippen molar-refractivity contribution in [2.75, 3.05) is 26.4 Å². The fourth-order valence-electron chi connectivity index (χ4n) is 2.97. The van der Waals surface area contributed by atoms with Gasteiger partial charge in [0, 0.05) is 18.4 Å². The summed E-state index contributed by atoms with van der Waals surface area (Å²) in [6.45, 7) is 6.90. The average Bonchev–Trinajstić information content (AvgIpc) is 2.46. The Hall–Kier alpha value is -1.18. The summed E-state index contributed by atoms with van der Waals surface area (Å²) in [5.74, 6) is -1.49. The van der Waals surface area contributed by atoms with Crippen molar-refractivity contribution in [3.05, 3.63) is 0 Å². The van der Waals surface area contributed by atoms with Crippen molar-refractivity contribution in [2.24, 2.45) is 5.41 Å². The molecule has 1 saturated heterocycles. The third-order valence-corrected chi connectivity index (χ3v) is 4.57. The average molecular weight is 301 g/mol. The molecule has 2 aliphatic rings. The van der Waals surface area contributed by atoms with Crippen LogP contribution in [0.5, 0.6) is 0 Å². The molecule has 1 amide bonds. The molecule has 0 spiro atoms. The minimum Gasteiger partial charge on any atom is -0.479 e. The lowest BCUT2D eigenvalue weighted by atomic mass is 9.54. The molecule has 7 nitrogen and oxygen atoms in total. The largest absolute Gasteiger partial charge is 0.479 e. The fraction of sp³-hybridized carbons (Fsp3) is 0.857. The summed E-state index contributed by atoms with van der Waals surface area (Å²) >= 11 is 0. The molecule has 7 heteroatoms. The Labute approximate surface area is 123 Å². The van der Waals surface area contributed by atoms with Gasteiger partial charge in [0.05, 0.1) is 25.9 Å². The first-order valence-corrected chi connectivity index (χ1v) is 7.21. The van der Waals surface area contributed by atoms with Gasteiger partial charge in [-0.1, -0.05) is 13.8 Å². The van der Waals surface area contributed by atoms with Crippen molar-refractivity contribution < 1.29 is 28.9 Å². The van der Waals surface area contributed by atoms with Crippen LogP contribution in [0.4, 0.5) is 0 Å². The Balaban J connectivity index is 2.10. The first kappa shape index (κ1) is 16.2. The standard InChI is InChI=1S/C14H23NO6/c1-4-20-10-7-14(12(17)18,13(10,2)3)15-11(16)9-8-19-5-6-21-9/h9-10H,4-8H2,1-3H3,(H,15,16)(H,17,18)/t9-,10-,14+/m1/s1. The van der Waals surface area contributed by atoms with Crippen LogP contribution < -0.4 is 5.32 Å². The van der Waals surface area contributed by atoms with E-state index >= 15 is 0 Å². The zero-order chi connectivity index (χ0) is 15.7. The molecular weight excluding hydrogens is 278 g/mol. The van der Waals surface area contributed by atoms with E-state index in [4.69, 9.17) is 14.2 Å². The van der Waals surface area contributed by atoms with E-state index in [1.165, 1.54) is 0 Å². The van der Waals surface area contributed by atoms with E-state index in [0.29, 0.717) is 19.8 Å². The maximum Gasteiger partial charge on any atom is 0.330 e. The van der Waals surface area contributed by atoms with E-state index in [2.05, 4.69) is 5.32 Å². The molecule has 0 aromatic rings. The van der Waals surface area contributed by atoms with Gasteiger partial charge in [0.15, 0.2) is 6.10 Å². The molecule has 2 fully saturated rings. The number of hydrogen-bond acceptors (Lipinski definition) is 5. The Morgan fingerprint density at radius 3 is 2.57 bits per heavy atom. The van der Waals surface area contributed by atoms with Crippen molar-refractivity contribution in [3.8, 4) is 0 Å². The van der Waals surface area contributed by atoms with Gasteiger partial charge in [-0.05, 0) is 6.92 Å².